The zero-order valence-corrected chi connectivity index (χ0v) is 39.4. The summed E-state index contributed by atoms with van der Waals surface area (Å²) in [6.07, 6.45) is 12.3. The Morgan fingerprint density at radius 1 is 0.864 bits per heavy atom. The van der Waals surface area contributed by atoms with Gasteiger partial charge in [0.05, 0.1) is 16.1 Å². The number of halogens is 3. The number of hydrogen-bond acceptors (Lipinski definition) is 7. The van der Waals surface area contributed by atoms with E-state index in [2.05, 4.69) is 32.8 Å². The van der Waals surface area contributed by atoms with Gasteiger partial charge in [0.1, 0.15) is 17.3 Å². The molecule has 4 amide bonds. The molecule has 4 aromatic rings. The number of rotatable bonds is 9. The molecule has 350 valence electrons. The summed E-state index contributed by atoms with van der Waals surface area (Å²) in [7, 11) is 3.86. The van der Waals surface area contributed by atoms with E-state index >= 15 is 4.39 Å². The van der Waals surface area contributed by atoms with E-state index in [-0.39, 0.29) is 52.9 Å². The van der Waals surface area contributed by atoms with Crippen molar-refractivity contribution >= 4 is 63.6 Å². The van der Waals surface area contributed by atoms with Gasteiger partial charge in [0.15, 0.2) is 0 Å². The topological polar surface area (TPSA) is 138 Å². The maximum atomic E-state index is 16.5. The first-order valence-corrected chi connectivity index (χ1v) is 24.9. The predicted octanol–water partition coefficient (Wildman–Crippen LogP) is 7.77. The highest BCUT2D eigenvalue weighted by molar-refractivity contribution is 6.31. The van der Waals surface area contributed by atoms with E-state index in [9.17, 15) is 24.0 Å². The molecule has 1 unspecified atom stereocenters. The number of carbonyl (C=O) groups excluding carboxylic acids is 4. The molecule has 6 aliphatic rings. The highest BCUT2D eigenvalue weighted by Gasteiger charge is 2.73. The Morgan fingerprint density at radius 2 is 1.62 bits per heavy atom. The summed E-state index contributed by atoms with van der Waals surface area (Å²) in [5.41, 5.74) is 2.77. The number of imide groups is 1. The van der Waals surface area contributed by atoms with Crippen molar-refractivity contribution in [3.8, 4) is 0 Å². The summed E-state index contributed by atoms with van der Waals surface area (Å²) >= 11 is 13.0. The Kier molecular flexibility index (Phi) is 12.2. The summed E-state index contributed by atoms with van der Waals surface area (Å²) in [5.74, 6) is -1.09. The molecule has 1 aromatic heterocycles. The molecule has 2 aliphatic carbocycles. The Balaban J connectivity index is 0.767. The van der Waals surface area contributed by atoms with Crippen LogP contribution in [0.3, 0.4) is 0 Å². The lowest BCUT2D eigenvalue weighted by molar-refractivity contribution is -0.138. The lowest BCUT2D eigenvalue weighted by atomic mass is 9.55. The Morgan fingerprint density at radius 3 is 2.36 bits per heavy atom. The van der Waals surface area contributed by atoms with Gasteiger partial charge >= 0.3 is 5.69 Å². The summed E-state index contributed by atoms with van der Waals surface area (Å²) in [4.78, 5) is 70.9. The predicted molar refractivity (Wildman–Crippen MR) is 253 cm³/mol. The van der Waals surface area contributed by atoms with Crippen LogP contribution in [0, 0.1) is 17.7 Å². The molecule has 4 atom stereocenters. The SMILES string of the molecule is CN1[C@@H](CN[C@H]2CC[C@H](C(=O)N3CCC(CCc4ccc5c(c4)n(C)c(=O)n5C4CCC(=O)NC4=O)CC3)CC2)[C@H](c2cccc(Cl)c2F)[C@]2(C(=O)Nc3cc(Cl)ccc32)C12CCCCC2. The monoisotopic (exact) mass is 939 g/mol. The zero-order valence-electron chi connectivity index (χ0n) is 37.9. The molecule has 12 nitrogen and oxygen atoms in total. The number of hydrogen-bond donors (Lipinski definition) is 3. The van der Waals surface area contributed by atoms with E-state index < -0.39 is 34.6 Å². The van der Waals surface area contributed by atoms with Crippen molar-refractivity contribution < 1.29 is 23.6 Å². The molecule has 0 radical (unpaired) electrons. The Hall–Kier alpha value is -4.56. The van der Waals surface area contributed by atoms with Crippen LogP contribution in [0.1, 0.15) is 119 Å². The highest BCUT2D eigenvalue weighted by Crippen LogP contribution is 2.66. The number of carbonyl (C=O) groups is 4. The molecule has 5 heterocycles. The van der Waals surface area contributed by atoms with Crippen LogP contribution >= 0.6 is 23.2 Å². The fourth-order valence-corrected chi connectivity index (χ4v) is 13.9. The molecule has 66 heavy (non-hydrogen) atoms. The smallest absolute Gasteiger partial charge is 0.329 e. The number of fused-ring (bicyclic) bond motifs is 4. The minimum absolute atomic E-state index is 0.00722. The summed E-state index contributed by atoms with van der Waals surface area (Å²) in [6.45, 7) is 2.07. The van der Waals surface area contributed by atoms with Crippen molar-refractivity contribution in [2.45, 2.75) is 131 Å². The number of nitrogens with zero attached hydrogens (tertiary/aromatic N) is 4. The second kappa shape index (κ2) is 17.8. The lowest BCUT2D eigenvalue weighted by Gasteiger charge is -2.50. The Bertz CT molecular complexity index is 2650. The molecule has 5 fully saturated rings. The second-order valence-electron chi connectivity index (χ2n) is 20.1. The number of anilines is 1. The molecule has 0 bridgehead atoms. The van der Waals surface area contributed by atoms with Gasteiger partial charge in [0.2, 0.25) is 23.6 Å². The molecule has 2 saturated carbocycles. The number of benzene rings is 3. The number of amides is 4. The van der Waals surface area contributed by atoms with Crippen molar-refractivity contribution in [2.75, 3.05) is 32.0 Å². The molecule has 3 saturated heterocycles. The van der Waals surface area contributed by atoms with Crippen molar-refractivity contribution in [2.24, 2.45) is 18.9 Å². The summed E-state index contributed by atoms with van der Waals surface area (Å²) < 4.78 is 19.6. The van der Waals surface area contributed by atoms with E-state index in [4.69, 9.17) is 23.2 Å². The van der Waals surface area contributed by atoms with E-state index in [0.717, 1.165) is 113 Å². The third-order valence-corrected chi connectivity index (χ3v) is 17.4. The molecule has 3 N–H and O–H groups in total. The zero-order chi connectivity index (χ0) is 46.1. The van der Waals surface area contributed by atoms with Crippen molar-refractivity contribution in [1.29, 1.82) is 0 Å². The maximum Gasteiger partial charge on any atom is 0.329 e. The van der Waals surface area contributed by atoms with Crippen molar-refractivity contribution in [3.05, 3.63) is 97.6 Å². The normalized spacial score (nSPS) is 28.0. The van der Waals surface area contributed by atoms with E-state index in [1.807, 2.05) is 42.5 Å². The second-order valence-corrected chi connectivity index (χ2v) is 21.0. The third-order valence-electron chi connectivity index (χ3n) is 16.9. The van der Waals surface area contributed by atoms with Gasteiger partial charge in [0.25, 0.3) is 0 Å². The van der Waals surface area contributed by atoms with Gasteiger partial charge in [-0.15, -0.1) is 0 Å². The summed E-state index contributed by atoms with van der Waals surface area (Å²) in [5, 5.41) is 10.1. The number of likely N-dealkylation sites (N-methyl/N-ethyl adjacent to an activating group) is 1. The van der Waals surface area contributed by atoms with Crippen LogP contribution in [-0.2, 0) is 38.1 Å². The van der Waals surface area contributed by atoms with E-state index in [1.54, 1.807) is 23.7 Å². The molecule has 2 spiro atoms. The number of aromatic nitrogens is 2. The van der Waals surface area contributed by atoms with E-state index in [1.165, 1.54) is 4.57 Å². The van der Waals surface area contributed by atoms with Crippen LogP contribution in [-0.4, -0.2) is 86.9 Å². The first-order chi connectivity index (χ1) is 31.8. The quantitative estimate of drug-likeness (QED) is 0.146. The average Bonchev–Trinajstić information content (AvgIpc) is 3.83. The van der Waals surface area contributed by atoms with Crippen LogP contribution in [0.4, 0.5) is 10.1 Å². The maximum absolute atomic E-state index is 16.5. The van der Waals surface area contributed by atoms with Crippen LogP contribution in [0.5, 0.6) is 0 Å². The van der Waals surface area contributed by atoms with Gasteiger partial charge < -0.3 is 15.5 Å². The van der Waals surface area contributed by atoms with Gasteiger partial charge in [-0.05, 0) is 131 Å². The van der Waals surface area contributed by atoms with Gasteiger partial charge in [-0.3, -0.25) is 38.5 Å². The van der Waals surface area contributed by atoms with Gasteiger partial charge in [-0.2, -0.15) is 0 Å². The van der Waals surface area contributed by atoms with Gasteiger partial charge in [0, 0.05) is 73.3 Å². The largest absolute Gasteiger partial charge is 0.342 e. The van der Waals surface area contributed by atoms with Crippen LogP contribution in [0.2, 0.25) is 10.0 Å². The minimum Gasteiger partial charge on any atom is -0.342 e. The number of imidazole rings is 1. The minimum atomic E-state index is -1.05. The number of aryl methyl sites for hydroxylation is 2. The van der Waals surface area contributed by atoms with Gasteiger partial charge in [-0.1, -0.05) is 66.7 Å². The summed E-state index contributed by atoms with van der Waals surface area (Å²) in [6, 6.07) is 16.1. The average molecular weight is 941 g/mol. The van der Waals surface area contributed by atoms with E-state index in [0.29, 0.717) is 40.7 Å². The molecular weight excluding hydrogens is 881 g/mol. The molecule has 15 heteroatoms. The standard InChI is InChI=1S/C51H60Cl2FN7O5/c1-58-41-27-31(11-18-39(41)61(49(58)66)40-19-20-43(62)57-46(40)63)10-9-30-21-25-60(26-22-30)47(64)32-12-15-34(16-13-32)55-29-42-44(35-7-6-8-37(53)45(35)54)51(50(59(42)2)23-4-3-5-24-50)36-17-14-33(52)28-38(36)56-48(51)65/h6-8,11,14,17-18,27-28,30,32,34,40,42,44,55H,3-5,9-10,12-13,15-16,19-26,29H2,1-2H3,(H,56,65)(H,57,62,63)/t32-,34-,40?,42-,44-,51+/m0/s1. The lowest BCUT2D eigenvalue weighted by Crippen LogP contribution is -2.60. The number of piperidine rings is 2. The fourth-order valence-electron chi connectivity index (χ4n) is 13.5. The fraction of sp³-hybridized carbons (Fsp3) is 0.549. The number of likely N-dealkylation sites (tertiary alicyclic amines) is 2. The van der Waals surface area contributed by atoms with Crippen molar-refractivity contribution in [3.63, 3.8) is 0 Å². The third kappa shape index (κ3) is 7.42. The van der Waals surface area contributed by atoms with Crippen LogP contribution in [0.25, 0.3) is 11.0 Å². The number of nitrogens with one attached hydrogen (secondary N) is 3. The van der Waals surface area contributed by atoms with Crippen molar-refractivity contribution in [1.82, 2.24) is 29.6 Å². The first-order valence-electron chi connectivity index (χ1n) is 24.2. The van der Waals surface area contributed by atoms with Gasteiger partial charge in [-0.25, -0.2) is 9.18 Å². The first kappa shape index (κ1) is 45.2. The highest BCUT2D eigenvalue weighted by atomic mass is 35.5. The molecule has 3 aromatic carbocycles. The molecular formula is C51H60Cl2FN7O5. The molecule has 4 aliphatic heterocycles. The van der Waals surface area contributed by atoms with Crippen LogP contribution in [0.15, 0.2) is 59.4 Å². The Labute approximate surface area is 394 Å². The van der Waals surface area contributed by atoms with Crippen LogP contribution < -0.4 is 21.6 Å². The molecule has 10 rings (SSSR count).